The topological polar surface area (TPSA) is 16.4 Å². The number of furan rings is 1. The molecule has 0 radical (unpaired) electrons. The van der Waals surface area contributed by atoms with Crippen molar-refractivity contribution in [1.82, 2.24) is 0 Å². The van der Waals surface area contributed by atoms with E-state index in [0.29, 0.717) is 0 Å². The molecule has 2 aliphatic carbocycles. The number of anilines is 3. The monoisotopic (exact) mass is 643 g/mol. The van der Waals surface area contributed by atoms with Crippen LogP contribution in [0.1, 0.15) is 49.9 Å². The van der Waals surface area contributed by atoms with E-state index in [1.165, 1.54) is 55.6 Å². The van der Waals surface area contributed by atoms with Gasteiger partial charge >= 0.3 is 0 Å². The van der Waals surface area contributed by atoms with Gasteiger partial charge in [0, 0.05) is 38.4 Å². The maximum absolute atomic E-state index is 7.20. The molecule has 10 rings (SSSR count). The number of para-hydroxylation sites is 1. The predicted octanol–water partition coefficient (Wildman–Crippen LogP) is 13.3. The first-order valence-corrected chi connectivity index (χ1v) is 17.6. The van der Waals surface area contributed by atoms with Gasteiger partial charge in [0.25, 0.3) is 0 Å². The van der Waals surface area contributed by atoms with Crippen LogP contribution in [0, 0.1) is 0 Å². The molecule has 7 aromatic carbocycles. The Morgan fingerprint density at radius 2 is 0.980 bits per heavy atom. The van der Waals surface area contributed by atoms with Gasteiger partial charge in [-0.25, -0.2) is 0 Å². The summed E-state index contributed by atoms with van der Waals surface area (Å²) < 4.78 is 7.20. The summed E-state index contributed by atoms with van der Waals surface area (Å²) in [5, 5.41) is 2.27. The molecule has 8 aromatic rings. The third-order valence-corrected chi connectivity index (χ3v) is 11.5. The highest BCUT2D eigenvalue weighted by Crippen LogP contribution is 2.56. The normalized spacial score (nSPS) is 14.7. The van der Waals surface area contributed by atoms with Crippen molar-refractivity contribution in [3.63, 3.8) is 0 Å². The first kappa shape index (κ1) is 29.1. The van der Waals surface area contributed by atoms with E-state index in [4.69, 9.17) is 4.42 Å². The zero-order valence-corrected chi connectivity index (χ0v) is 28.8. The Labute approximate surface area is 293 Å². The third kappa shape index (κ3) is 3.91. The Hall–Kier alpha value is -5.86. The van der Waals surface area contributed by atoms with E-state index >= 15 is 0 Å². The molecule has 50 heavy (non-hydrogen) atoms. The van der Waals surface area contributed by atoms with E-state index in [2.05, 4.69) is 184 Å². The summed E-state index contributed by atoms with van der Waals surface area (Å²) in [6.07, 6.45) is 0. The molecule has 2 nitrogen and oxygen atoms in total. The minimum atomic E-state index is -0.119. The Balaban J connectivity index is 1.28. The van der Waals surface area contributed by atoms with E-state index in [-0.39, 0.29) is 10.8 Å². The van der Waals surface area contributed by atoms with Gasteiger partial charge in [-0.05, 0) is 68.8 Å². The van der Waals surface area contributed by atoms with E-state index in [0.717, 1.165) is 39.0 Å². The second kappa shape index (κ2) is 10.3. The van der Waals surface area contributed by atoms with Crippen molar-refractivity contribution in [2.45, 2.75) is 38.5 Å². The second-order valence-electron chi connectivity index (χ2n) is 14.9. The minimum absolute atomic E-state index is 0.101. The molecule has 0 saturated carbocycles. The Bertz CT molecular complexity index is 2660. The molecule has 240 valence electrons. The van der Waals surface area contributed by atoms with Gasteiger partial charge in [-0.15, -0.1) is 0 Å². The van der Waals surface area contributed by atoms with Gasteiger partial charge in [0.05, 0.1) is 11.4 Å². The number of benzene rings is 7. The van der Waals surface area contributed by atoms with Crippen molar-refractivity contribution in [1.29, 1.82) is 0 Å². The van der Waals surface area contributed by atoms with Gasteiger partial charge in [-0.1, -0.05) is 155 Å². The maximum Gasteiger partial charge on any atom is 0.159 e. The lowest BCUT2D eigenvalue weighted by molar-refractivity contribution is 0.653. The van der Waals surface area contributed by atoms with Crippen LogP contribution in [0.2, 0.25) is 0 Å². The fourth-order valence-electron chi connectivity index (χ4n) is 8.99. The summed E-state index contributed by atoms with van der Waals surface area (Å²) in [7, 11) is 0. The summed E-state index contributed by atoms with van der Waals surface area (Å²) >= 11 is 0. The summed E-state index contributed by atoms with van der Waals surface area (Å²) in [5.41, 5.74) is 17.7. The fourth-order valence-corrected chi connectivity index (χ4v) is 8.99. The van der Waals surface area contributed by atoms with E-state index in [1.807, 2.05) is 0 Å². The molecule has 0 spiro atoms. The maximum atomic E-state index is 7.20. The summed E-state index contributed by atoms with van der Waals surface area (Å²) in [6, 6.07) is 55.4. The summed E-state index contributed by atoms with van der Waals surface area (Å²) in [5.74, 6) is 0. The number of hydrogen-bond donors (Lipinski definition) is 0. The lowest BCUT2D eigenvalue weighted by Crippen LogP contribution is -2.16. The lowest BCUT2D eigenvalue weighted by atomic mass is 9.82. The van der Waals surface area contributed by atoms with Gasteiger partial charge in [0.15, 0.2) is 5.58 Å². The molecule has 1 aromatic heterocycles. The van der Waals surface area contributed by atoms with Crippen LogP contribution in [0.15, 0.2) is 156 Å². The average Bonchev–Trinajstić information content (AvgIpc) is 3.73. The highest BCUT2D eigenvalue weighted by atomic mass is 16.3. The molecule has 0 bridgehead atoms. The quantitative estimate of drug-likeness (QED) is 0.190. The highest BCUT2D eigenvalue weighted by Gasteiger charge is 2.39. The Morgan fingerprint density at radius 1 is 0.420 bits per heavy atom. The van der Waals surface area contributed by atoms with Crippen LogP contribution >= 0.6 is 0 Å². The van der Waals surface area contributed by atoms with Crippen molar-refractivity contribution in [2.24, 2.45) is 0 Å². The van der Waals surface area contributed by atoms with Gasteiger partial charge in [0.1, 0.15) is 5.58 Å². The van der Waals surface area contributed by atoms with Crippen LogP contribution in [-0.4, -0.2) is 0 Å². The smallest absolute Gasteiger partial charge is 0.159 e. The number of fused-ring (bicyclic) bond motifs is 10. The van der Waals surface area contributed by atoms with Crippen molar-refractivity contribution >= 4 is 39.0 Å². The van der Waals surface area contributed by atoms with Crippen LogP contribution in [0.3, 0.4) is 0 Å². The van der Waals surface area contributed by atoms with Gasteiger partial charge in [-0.2, -0.15) is 0 Å². The van der Waals surface area contributed by atoms with Crippen molar-refractivity contribution in [3.05, 3.63) is 174 Å². The molecule has 0 fully saturated rings. The Morgan fingerprint density at radius 3 is 1.74 bits per heavy atom. The molecule has 0 atom stereocenters. The van der Waals surface area contributed by atoms with Gasteiger partial charge < -0.3 is 9.32 Å². The van der Waals surface area contributed by atoms with Crippen molar-refractivity contribution < 1.29 is 4.42 Å². The molecule has 0 amide bonds. The predicted molar refractivity (Wildman–Crippen MR) is 209 cm³/mol. The van der Waals surface area contributed by atoms with Crippen LogP contribution < -0.4 is 4.90 Å². The van der Waals surface area contributed by atoms with Crippen LogP contribution in [-0.2, 0) is 10.8 Å². The Kier molecular flexibility index (Phi) is 6.01. The second-order valence-corrected chi connectivity index (χ2v) is 14.9. The summed E-state index contributed by atoms with van der Waals surface area (Å²) in [4.78, 5) is 2.44. The summed E-state index contributed by atoms with van der Waals surface area (Å²) in [6.45, 7) is 9.35. The molecule has 0 saturated heterocycles. The van der Waals surface area contributed by atoms with E-state index < -0.39 is 0 Å². The van der Waals surface area contributed by atoms with E-state index in [9.17, 15) is 0 Å². The average molecular weight is 644 g/mol. The SMILES string of the molecule is CC1(C)c2ccccc2-c2c(N(c3cccc(-c4ccccc4)c3)c3cccc4c3oc3c5c(ccc34)C(C)(C)c3ccccc3-5)cccc21. The molecule has 0 N–H and O–H groups in total. The third-order valence-electron chi connectivity index (χ3n) is 11.5. The minimum Gasteiger partial charge on any atom is -0.453 e. The molecule has 0 aliphatic heterocycles. The first-order valence-electron chi connectivity index (χ1n) is 17.6. The number of nitrogens with zero attached hydrogens (tertiary/aromatic N) is 1. The van der Waals surface area contributed by atoms with Gasteiger partial charge in [0.2, 0.25) is 0 Å². The number of rotatable bonds is 4. The highest BCUT2D eigenvalue weighted by molar-refractivity contribution is 6.15. The van der Waals surface area contributed by atoms with Crippen LogP contribution in [0.5, 0.6) is 0 Å². The molecule has 1 heterocycles. The zero-order valence-electron chi connectivity index (χ0n) is 28.8. The standard InChI is InChI=1S/C48H37NO/c1-47(2)37-22-10-8-19-35(37)43-39(47)24-14-25-41(43)49(32-18-12-17-31(29-32)30-15-6-5-7-16-30)42-26-13-21-33-34-27-28-40-44(46(34)50-45(33)42)36-20-9-11-23-38(36)48(40,3)4/h5-29H,1-4H3. The van der Waals surface area contributed by atoms with Crippen molar-refractivity contribution in [3.8, 4) is 33.4 Å². The molecular weight excluding hydrogens is 607 g/mol. The first-order chi connectivity index (χ1) is 24.3. The fraction of sp³-hybridized carbons (Fsp3) is 0.125. The molecule has 0 unspecified atom stereocenters. The molecule has 2 heteroatoms. The van der Waals surface area contributed by atoms with Gasteiger partial charge in [-0.3, -0.25) is 0 Å². The van der Waals surface area contributed by atoms with Crippen LogP contribution in [0.25, 0.3) is 55.3 Å². The van der Waals surface area contributed by atoms with Crippen molar-refractivity contribution in [2.75, 3.05) is 4.90 Å². The lowest BCUT2D eigenvalue weighted by Gasteiger charge is -2.29. The largest absolute Gasteiger partial charge is 0.453 e. The number of hydrogen-bond acceptors (Lipinski definition) is 2. The molecular formula is C48H37NO. The van der Waals surface area contributed by atoms with Crippen LogP contribution in [0.4, 0.5) is 17.1 Å². The molecule has 2 aliphatic rings. The zero-order chi connectivity index (χ0) is 33.8. The van der Waals surface area contributed by atoms with E-state index in [1.54, 1.807) is 0 Å².